The van der Waals surface area contributed by atoms with Gasteiger partial charge in [0.05, 0.1) is 23.6 Å². The summed E-state index contributed by atoms with van der Waals surface area (Å²) in [6.45, 7) is 9.99. The van der Waals surface area contributed by atoms with E-state index in [1.54, 1.807) is 0 Å². The zero-order valence-corrected chi connectivity index (χ0v) is 15.6. The van der Waals surface area contributed by atoms with Gasteiger partial charge in [0, 0.05) is 26.2 Å². The molecule has 4 bridgehead atoms. The number of aliphatic hydroxyl groups excluding tert-OH is 4. The molecule has 4 aliphatic rings. The van der Waals surface area contributed by atoms with Crippen LogP contribution in [0.4, 0.5) is 0 Å². The van der Waals surface area contributed by atoms with E-state index in [4.69, 9.17) is 5.11 Å². The summed E-state index contributed by atoms with van der Waals surface area (Å²) >= 11 is 0. The number of carbonyl (C=O) groups is 1. The van der Waals surface area contributed by atoms with Gasteiger partial charge in [-0.2, -0.15) is 0 Å². The molecule has 25 heavy (non-hydrogen) atoms. The third-order valence-corrected chi connectivity index (χ3v) is 7.04. The van der Waals surface area contributed by atoms with Crippen LogP contribution in [-0.4, -0.2) is 93.3 Å². The van der Waals surface area contributed by atoms with E-state index in [1.807, 2.05) is 0 Å². The van der Waals surface area contributed by atoms with Gasteiger partial charge in [-0.05, 0) is 11.8 Å². The fourth-order valence-corrected chi connectivity index (χ4v) is 5.25. The van der Waals surface area contributed by atoms with Crippen molar-refractivity contribution >= 4 is 5.78 Å². The Bertz CT molecular complexity index is 492. The molecule has 4 saturated heterocycles. The van der Waals surface area contributed by atoms with Crippen LogP contribution >= 0.6 is 0 Å². The lowest BCUT2D eigenvalue weighted by Crippen LogP contribution is -2.83. The molecule has 7 nitrogen and oxygen atoms in total. The molecule has 4 fully saturated rings. The largest absolute Gasteiger partial charge is 0.394 e. The lowest BCUT2D eigenvalue weighted by atomic mass is 9.53. The fraction of sp³-hybridized carbons (Fsp3) is 0.944. The average Bonchev–Trinajstić information content (AvgIpc) is 2.55. The van der Waals surface area contributed by atoms with Gasteiger partial charge < -0.3 is 20.4 Å². The van der Waals surface area contributed by atoms with Crippen LogP contribution in [0, 0.1) is 22.7 Å². The number of rotatable bonds is 6. The van der Waals surface area contributed by atoms with Crippen molar-refractivity contribution in [3.8, 4) is 0 Å². The highest BCUT2D eigenvalue weighted by molar-refractivity contribution is 5.94. The topological polar surface area (TPSA) is 104 Å². The summed E-state index contributed by atoms with van der Waals surface area (Å²) in [5, 5.41) is 39.7. The standard InChI is InChI=1S/C18H32N2O5/c1-10(2)17-6-19-8-18(11(3)4,16(17)25)9-20(7-17)15(19)14(24)13(23)12(22)5-21/h10-15,21-24H,5-9H2,1-4H3/t12-,13+,14-,15?,17?,18?/m0/s1. The molecule has 4 aliphatic heterocycles. The van der Waals surface area contributed by atoms with Crippen molar-refractivity contribution in [1.82, 2.24) is 9.80 Å². The van der Waals surface area contributed by atoms with Crippen molar-refractivity contribution in [1.29, 1.82) is 0 Å². The van der Waals surface area contributed by atoms with Crippen molar-refractivity contribution in [3.63, 3.8) is 0 Å². The molecule has 144 valence electrons. The second-order valence-corrected chi connectivity index (χ2v) is 8.91. The third kappa shape index (κ3) is 2.51. The van der Waals surface area contributed by atoms with Crippen LogP contribution in [0.15, 0.2) is 0 Å². The van der Waals surface area contributed by atoms with E-state index in [1.165, 1.54) is 0 Å². The molecular weight excluding hydrogens is 324 g/mol. The van der Waals surface area contributed by atoms with Crippen LogP contribution in [0.5, 0.6) is 0 Å². The molecule has 7 heteroatoms. The van der Waals surface area contributed by atoms with E-state index >= 15 is 0 Å². The first-order valence-electron chi connectivity index (χ1n) is 9.29. The summed E-state index contributed by atoms with van der Waals surface area (Å²) in [6.07, 6.45) is -4.45. The Hall–Kier alpha value is -0.570. The van der Waals surface area contributed by atoms with Crippen molar-refractivity contribution in [2.75, 3.05) is 32.8 Å². The molecule has 0 unspecified atom stereocenters. The summed E-state index contributed by atoms with van der Waals surface area (Å²) in [5.41, 5.74) is -0.894. The van der Waals surface area contributed by atoms with Crippen LogP contribution in [-0.2, 0) is 4.79 Å². The minimum absolute atomic E-state index is 0.190. The number of hydrogen-bond acceptors (Lipinski definition) is 7. The zero-order valence-electron chi connectivity index (χ0n) is 15.6. The van der Waals surface area contributed by atoms with Crippen LogP contribution in [0.2, 0.25) is 0 Å². The first-order chi connectivity index (χ1) is 11.6. The Morgan fingerprint density at radius 2 is 1.36 bits per heavy atom. The molecule has 0 saturated carbocycles. The maximum atomic E-state index is 13.4. The van der Waals surface area contributed by atoms with Gasteiger partial charge in [-0.3, -0.25) is 14.6 Å². The number of hydrogen-bond donors (Lipinski definition) is 4. The van der Waals surface area contributed by atoms with Gasteiger partial charge in [-0.1, -0.05) is 27.7 Å². The minimum Gasteiger partial charge on any atom is -0.394 e. The number of piperidine rings is 2. The monoisotopic (exact) mass is 356 g/mol. The molecule has 0 aliphatic carbocycles. The van der Waals surface area contributed by atoms with Gasteiger partial charge in [-0.15, -0.1) is 0 Å². The number of nitrogens with zero attached hydrogens (tertiary/aromatic N) is 2. The Labute approximate surface area is 149 Å². The maximum Gasteiger partial charge on any atom is 0.150 e. The lowest BCUT2D eigenvalue weighted by molar-refractivity contribution is -0.242. The molecule has 0 aromatic carbocycles. The first kappa shape index (κ1) is 19.2. The van der Waals surface area contributed by atoms with Crippen molar-refractivity contribution in [2.24, 2.45) is 22.7 Å². The van der Waals surface area contributed by atoms with Gasteiger partial charge in [0.25, 0.3) is 0 Å². The summed E-state index contributed by atoms with van der Waals surface area (Å²) in [7, 11) is 0. The molecule has 4 rings (SSSR count). The Morgan fingerprint density at radius 1 is 0.960 bits per heavy atom. The summed E-state index contributed by atoms with van der Waals surface area (Å²) in [5.74, 6) is 0.728. The molecule has 0 radical (unpaired) electrons. The van der Waals surface area contributed by atoms with Gasteiger partial charge >= 0.3 is 0 Å². The van der Waals surface area contributed by atoms with E-state index in [2.05, 4.69) is 37.5 Å². The van der Waals surface area contributed by atoms with E-state index in [9.17, 15) is 20.1 Å². The van der Waals surface area contributed by atoms with Crippen molar-refractivity contribution in [3.05, 3.63) is 0 Å². The number of carbonyl (C=O) groups excluding carboxylic acids is 1. The highest BCUT2D eigenvalue weighted by atomic mass is 16.4. The second kappa shape index (κ2) is 6.25. The van der Waals surface area contributed by atoms with Crippen LogP contribution in [0.25, 0.3) is 0 Å². The second-order valence-electron chi connectivity index (χ2n) is 8.91. The predicted octanol–water partition coefficient (Wildman–Crippen LogP) is -1.11. The van der Waals surface area contributed by atoms with Crippen LogP contribution < -0.4 is 0 Å². The van der Waals surface area contributed by atoms with E-state index in [0.29, 0.717) is 32.0 Å². The molecule has 0 aromatic rings. The molecule has 0 amide bonds. The summed E-state index contributed by atoms with van der Waals surface area (Å²) < 4.78 is 0. The summed E-state index contributed by atoms with van der Waals surface area (Å²) in [6, 6.07) is 0. The number of Topliss-reactive ketones (excluding diaryl/α,β-unsaturated/α-hetero) is 1. The smallest absolute Gasteiger partial charge is 0.150 e. The summed E-state index contributed by atoms with van der Waals surface area (Å²) in [4.78, 5) is 17.6. The molecule has 3 atom stereocenters. The molecule has 4 heterocycles. The van der Waals surface area contributed by atoms with Gasteiger partial charge in [-0.25, -0.2) is 0 Å². The maximum absolute atomic E-state index is 13.4. The zero-order chi connectivity index (χ0) is 18.7. The molecular formula is C18H32N2O5. The lowest BCUT2D eigenvalue weighted by Gasteiger charge is -2.69. The van der Waals surface area contributed by atoms with Crippen molar-refractivity contribution < 1.29 is 25.2 Å². The Kier molecular flexibility index (Phi) is 4.80. The minimum atomic E-state index is -1.42. The van der Waals surface area contributed by atoms with Crippen LogP contribution in [0.3, 0.4) is 0 Å². The third-order valence-electron chi connectivity index (χ3n) is 7.04. The van der Waals surface area contributed by atoms with E-state index in [0.717, 1.165) is 0 Å². The SMILES string of the molecule is CC(C)C12CN3CC(C(C)C)(CN(C1)C3[C@@H](O)[C@H](O)[C@@H](O)CO)C2=O. The average molecular weight is 356 g/mol. The first-order valence-corrected chi connectivity index (χ1v) is 9.29. The number of aliphatic hydroxyl groups is 4. The van der Waals surface area contributed by atoms with Gasteiger partial charge in [0.2, 0.25) is 0 Å². The van der Waals surface area contributed by atoms with E-state index in [-0.39, 0.29) is 11.8 Å². The Morgan fingerprint density at radius 3 is 1.68 bits per heavy atom. The van der Waals surface area contributed by atoms with E-state index < -0.39 is 41.9 Å². The number of ketones is 1. The van der Waals surface area contributed by atoms with Crippen LogP contribution in [0.1, 0.15) is 27.7 Å². The fourth-order valence-electron chi connectivity index (χ4n) is 5.25. The Balaban J connectivity index is 1.95. The van der Waals surface area contributed by atoms with Gasteiger partial charge in [0.15, 0.2) is 5.78 Å². The predicted molar refractivity (Wildman–Crippen MR) is 91.6 cm³/mol. The molecule has 4 N–H and O–H groups in total. The van der Waals surface area contributed by atoms with Crippen molar-refractivity contribution in [2.45, 2.75) is 52.2 Å². The van der Waals surface area contributed by atoms with Gasteiger partial charge in [0.1, 0.15) is 18.3 Å². The normalized spacial score (nSPS) is 43.8. The molecule has 0 spiro atoms. The highest BCUT2D eigenvalue weighted by Gasteiger charge is 2.68. The quantitative estimate of drug-likeness (QED) is 0.478. The molecule has 0 aromatic heterocycles. The highest BCUT2D eigenvalue weighted by Crippen LogP contribution is 2.54.